The topological polar surface area (TPSA) is 68.4 Å². The van der Waals surface area contributed by atoms with E-state index in [4.69, 9.17) is 9.47 Å². The maximum absolute atomic E-state index is 12.8. The smallest absolute Gasteiger partial charge is 0.355 e. The minimum atomic E-state index is -0.387. The summed E-state index contributed by atoms with van der Waals surface area (Å²) in [6, 6.07) is 7.91. The van der Waals surface area contributed by atoms with Crippen LogP contribution in [0.5, 0.6) is 5.75 Å². The van der Waals surface area contributed by atoms with E-state index in [0.29, 0.717) is 36.3 Å². The number of carbonyl (C=O) groups is 2. The number of esters is 1. The van der Waals surface area contributed by atoms with E-state index in [1.165, 1.54) is 0 Å². The molecule has 1 N–H and O–H groups in total. The third kappa shape index (κ3) is 3.92. The summed E-state index contributed by atoms with van der Waals surface area (Å²) < 4.78 is 10.9. The molecule has 0 fully saturated rings. The first-order valence-corrected chi connectivity index (χ1v) is 9.62. The van der Waals surface area contributed by atoms with Crippen LogP contribution in [-0.2, 0) is 11.2 Å². The summed E-state index contributed by atoms with van der Waals surface area (Å²) in [5.74, 6) is 0.611. The van der Waals surface area contributed by atoms with Gasteiger partial charge in [0.05, 0.1) is 12.7 Å². The second-order valence-corrected chi connectivity index (χ2v) is 7.13. The molecule has 5 heteroatoms. The minimum absolute atomic E-state index is 0.0754. The summed E-state index contributed by atoms with van der Waals surface area (Å²) in [4.78, 5) is 28.4. The number of Topliss-reactive ketones (excluding diaryl/α,β-unsaturated/α-hetero) is 1. The van der Waals surface area contributed by atoms with E-state index >= 15 is 0 Å². The maximum Gasteiger partial charge on any atom is 0.355 e. The van der Waals surface area contributed by atoms with Crippen molar-refractivity contribution in [2.24, 2.45) is 0 Å². The number of rotatable bonds is 6. The van der Waals surface area contributed by atoms with Crippen LogP contribution in [0.15, 0.2) is 24.3 Å². The Labute approximate surface area is 160 Å². The number of benzene rings is 1. The van der Waals surface area contributed by atoms with Crippen molar-refractivity contribution < 1.29 is 19.1 Å². The molecule has 1 heterocycles. The molecule has 0 saturated heterocycles. The van der Waals surface area contributed by atoms with Crippen molar-refractivity contribution in [1.82, 2.24) is 4.98 Å². The molecule has 1 aromatic heterocycles. The average molecular weight is 369 g/mol. The van der Waals surface area contributed by atoms with Gasteiger partial charge in [-0.2, -0.15) is 0 Å². The molecule has 0 unspecified atom stereocenters. The van der Waals surface area contributed by atoms with Crippen molar-refractivity contribution in [3.63, 3.8) is 0 Å². The highest BCUT2D eigenvalue weighted by Gasteiger charge is 2.32. The molecule has 2 aromatic rings. The van der Waals surface area contributed by atoms with Gasteiger partial charge in [-0.1, -0.05) is 19.1 Å². The zero-order valence-corrected chi connectivity index (χ0v) is 16.4. The lowest BCUT2D eigenvalue weighted by Gasteiger charge is -2.22. The second-order valence-electron chi connectivity index (χ2n) is 7.13. The number of aromatic nitrogens is 1. The van der Waals surface area contributed by atoms with Gasteiger partial charge in [0.25, 0.3) is 0 Å². The maximum atomic E-state index is 12.8. The number of aromatic amines is 1. The van der Waals surface area contributed by atoms with Gasteiger partial charge in [-0.25, -0.2) is 4.79 Å². The van der Waals surface area contributed by atoms with Crippen LogP contribution in [0, 0.1) is 6.92 Å². The molecule has 0 amide bonds. The molecule has 3 rings (SSSR count). The highest BCUT2D eigenvalue weighted by molar-refractivity contribution is 6.03. The van der Waals surface area contributed by atoms with E-state index in [1.807, 2.05) is 52.0 Å². The number of hydrogen-bond donors (Lipinski definition) is 1. The third-order valence-electron chi connectivity index (χ3n) is 5.24. The number of carbonyl (C=O) groups excluding carboxylic acids is 2. The van der Waals surface area contributed by atoms with Gasteiger partial charge in [0.2, 0.25) is 0 Å². The minimum Gasteiger partial charge on any atom is -0.494 e. The molecule has 0 bridgehead atoms. The van der Waals surface area contributed by atoms with Crippen molar-refractivity contribution in [3.05, 3.63) is 52.3 Å². The highest BCUT2D eigenvalue weighted by atomic mass is 16.5. The SMILES string of the molecule is CCOc1ccc([C@@H]2CC(=O)c3c([nH]c(C(=O)O[C@@H](C)CC)c3C)C2)cc1. The van der Waals surface area contributed by atoms with Crippen LogP contribution in [0.1, 0.15) is 77.2 Å². The van der Waals surface area contributed by atoms with Gasteiger partial charge in [-0.05, 0) is 62.8 Å². The Morgan fingerprint density at radius 2 is 1.93 bits per heavy atom. The Balaban J connectivity index is 1.84. The Morgan fingerprint density at radius 3 is 2.56 bits per heavy atom. The molecule has 144 valence electrons. The van der Waals surface area contributed by atoms with Crippen LogP contribution in [0.3, 0.4) is 0 Å². The van der Waals surface area contributed by atoms with Crippen molar-refractivity contribution in [2.75, 3.05) is 6.61 Å². The summed E-state index contributed by atoms with van der Waals surface area (Å²) >= 11 is 0. The fraction of sp³-hybridized carbons (Fsp3) is 0.455. The normalized spacial score (nSPS) is 17.3. The van der Waals surface area contributed by atoms with E-state index in [9.17, 15) is 9.59 Å². The standard InChI is InChI=1S/C22H27NO4/c1-5-13(3)27-22(25)21-14(4)20-18(23-21)11-16(12-19(20)24)15-7-9-17(10-8-15)26-6-2/h7-10,13,16,23H,5-6,11-12H2,1-4H3/t13-,16-/m0/s1. The second kappa shape index (κ2) is 7.99. The molecule has 27 heavy (non-hydrogen) atoms. The number of ketones is 1. The number of nitrogens with one attached hydrogen (secondary N) is 1. The van der Waals surface area contributed by atoms with Crippen molar-refractivity contribution in [1.29, 1.82) is 0 Å². The van der Waals surface area contributed by atoms with E-state index in [-0.39, 0.29) is 23.8 Å². The predicted octanol–water partition coefficient (Wildman–Crippen LogP) is 4.59. The Kier molecular flexibility index (Phi) is 5.68. The van der Waals surface area contributed by atoms with E-state index < -0.39 is 0 Å². The Bertz CT molecular complexity index is 835. The van der Waals surface area contributed by atoms with Crippen molar-refractivity contribution in [3.8, 4) is 5.75 Å². The predicted molar refractivity (Wildman–Crippen MR) is 104 cm³/mol. The van der Waals surface area contributed by atoms with Crippen LogP contribution in [0.4, 0.5) is 0 Å². The largest absolute Gasteiger partial charge is 0.494 e. The monoisotopic (exact) mass is 369 g/mol. The number of ether oxygens (including phenoxy) is 2. The first-order valence-electron chi connectivity index (χ1n) is 9.62. The van der Waals surface area contributed by atoms with Gasteiger partial charge in [-0.15, -0.1) is 0 Å². The van der Waals surface area contributed by atoms with E-state index in [2.05, 4.69) is 4.98 Å². The Hall–Kier alpha value is -2.56. The van der Waals surface area contributed by atoms with Crippen LogP contribution < -0.4 is 4.74 Å². The molecular formula is C22H27NO4. The van der Waals surface area contributed by atoms with Gasteiger partial charge in [-0.3, -0.25) is 4.79 Å². The van der Waals surface area contributed by atoms with Gasteiger partial charge < -0.3 is 14.5 Å². The third-order valence-corrected chi connectivity index (χ3v) is 5.24. The fourth-order valence-corrected chi connectivity index (χ4v) is 3.60. The van der Waals surface area contributed by atoms with Crippen molar-refractivity contribution >= 4 is 11.8 Å². The molecule has 1 aliphatic rings. The lowest BCUT2D eigenvalue weighted by Crippen LogP contribution is -2.18. The van der Waals surface area contributed by atoms with Crippen LogP contribution in [-0.4, -0.2) is 29.4 Å². The molecule has 1 aliphatic carbocycles. The summed E-state index contributed by atoms with van der Waals surface area (Å²) in [6.07, 6.45) is 1.75. The summed E-state index contributed by atoms with van der Waals surface area (Å²) in [5.41, 5.74) is 3.70. The van der Waals surface area contributed by atoms with Gasteiger partial charge in [0, 0.05) is 17.7 Å². The number of hydrogen-bond acceptors (Lipinski definition) is 4. The molecule has 2 atom stereocenters. The highest BCUT2D eigenvalue weighted by Crippen LogP contribution is 2.35. The van der Waals surface area contributed by atoms with E-state index in [1.54, 1.807) is 0 Å². The molecule has 0 radical (unpaired) electrons. The van der Waals surface area contributed by atoms with E-state index in [0.717, 1.165) is 23.4 Å². The first-order chi connectivity index (χ1) is 12.9. The molecular weight excluding hydrogens is 342 g/mol. The Morgan fingerprint density at radius 1 is 1.22 bits per heavy atom. The molecule has 0 aliphatic heterocycles. The summed E-state index contributed by atoms with van der Waals surface area (Å²) in [6.45, 7) is 8.23. The van der Waals surface area contributed by atoms with Gasteiger partial charge in [0.15, 0.2) is 5.78 Å². The molecule has 5 nitrogen and oxygen atoms in total. The van der Waals surface area contributed by atoms with Crippen LogP contribution in [0.25, 0.3) is 0 Å². The van der Waals surface area contributed by atoms with Gasteiger partial charge >= 0.3 is 5.97 Å². The van der Waals surface area contributed by atoms with Crippen molar-refractivity contribution in [2.45, 2.75) is 59.0 Å². The summed E-state index contributed by atoms with van der Waals surface area (Å²) in [7, 11) is 0. The molecule has 0 spiro atoms. The molecule has 1 aromatic carbocycles. The summed E-state index contributed by atoms with van der Waals surface area (Å²) in [5, 5.41) is 0. The quantitative estimate of drug-likeness (QED) is 0.756. The fourth-order valence-electron chi connectivity index (χ4n) is 3.60. The van der Waals surface area contributed by atoms with Gasteiger partial charge in [0.1, 0.15) is 11.4 Å². The lowest BCUT2D eigenvalue weighted by molar-refractivity contribution is 0.0327. The van der Waals surface area contributed by atoms with Crippen LogP contribution >= 0.6 is 0 Å². The number of H-pyrrole nitrogens is 1. The zero-order chi connectivity index (χ0) is 19.6. The lowest BCUT2D eigenvalue weighted by atomic mass is 9.81. The average Bonchev–Trinajstić information content (AvgIpc) is 2.99. The van der Waals surface area contributed by atoms with Crippen LogP contribution in [0.2, 0.25) is 0 Å². The number of fused-ring (bicyclic) bond motifs is 1. The first kappa shape index (κ1) is 19.2. The zero-order valence-electron chi connectivity index (χ0n) is 16.4. The molecule has 0 saturated carbocycles.